The quantitative estimate of drug-likeness (QED) is 0.546. The van der Waals surface area contributed by atoms with Crippen molar-refractivity contribution < 1.29 is 12.8 Å². The summed E-state index contributed by atoms with van der Waals surface area (Å²) in [5, 5.41) is 0. The highest BCUT2D eigenvalue weighted by molar-refractivity contribution is 7.89. The topological polar surface area (TPSA) is 50.5 Å². The SMILES string of the molecule is CC1CC1c1ccc(CN(C)S(=O)(=O)CCCCCl)o1. The molecule has 0 radical (unpaired) electrons. The normalized spacial score (nSPS) is 22.4. The molecule has 2 unspecified atom stereocenters. The van der Waals surface area contributed by atoms with E-state index in [4.69, 9.17) is 16.0 Å². The van der Waals surface area contributed by atoms with Gasteiger partial charge in [-0.15, -0.1) is 11.6 Å². The van der Waals surface area contributed by atoms with Crippen molar-refractivity contribution in [2.75, 3.05) is 18.7 Å². The van der Waals surface area contributed by atoms with E-state index >= 15 is 0 Å². The first-order chi connectivity index (χ1) is 9.44. The standard InChI is InChI=1S/C14H22ClNO3S/c1-11-9-13(11)14-6-5-12(19-14)10-16(2)20(17,18)8-4-3-7-15/h5-6,11,13H,3-4,7-10H2,1-2H3. The van der Waals surface area contributed by atoms with Crippen molar-refractivity contribution >= 4 is 21.6 Å². The van der Waals surface area contributed by atoms with Crippen LogP contribution in [0.1, 0.15) is 43.6 Å². The van der Waals surface area contributed by atoms with Gasteiger partial charge in [-0.25, -0.2) is 8.42 Å². The van der Waals surface area contributed by atoms with E-state index in [-0.39, 0.29) is 5.75 Å². The summed E-state index contributed by atoms with van der Waals surface area (Å²) in [6.07, 6.45) is 2.48. The number of rotatable bonds is 8. The third kappa shape index (κ3) is 3.99. The number of hydrogen-bond acceptors (Lipinski definition) is 3. The monoisotopic (exact) mass is 319 g/mol. The second-order valence-electron chi connectivity index (χ2n) is 5.59. The van der Waals surface area contributed by atoms with Crippen LogP contribution in [-0.4, -0.2) is 31.4 Å². The molecule has 0 bridgehead atoms. The molecule has 1 aliphatic rings. The minimum atomic E-state index is -3.22. The van der Waals surface area contributed by atoms with Crippen molar-refractivity contribution in [1.82, 2.24) is 4.31 Å². The van der Waals surface area contributed by atoms with Gasteiger partial charge in [0.05, 0.1) is 12.3 Å². The van der Waals surface area contributed by atoms with E-state index < -0.39 is 10.0 Å². The molecular weight excluding hydrogens is 298 g/mol. The van der Waals surface area contributed by atoms with Crippen LogP contribution in [0.2, 0.25) is 0 Å². The van der Waals surface area contributed by atoms with Gasteiger partial charge in [-0.3, -0.25) is 0 Å². The molecule has 1 heterocycles. The van der Waals surface area contributed by atoms with Gasteiger partial charge in [-0.2, -0.15) is 4.31 Å². The van der Waals surface area contributed by atoms with Crippen LogP contribution in [0.4, 0.5) is 0 Å². The van der Waals surface area contributed by atoms with Crippen LogP contribution in [0.3, 0.4) is 0 Å². The van der Waals surface area contributed by atoms with E-state index in [1.807, 2.05) is 12.1 Å². The van der Waals surface area contributed by atoms with Crippen LogP contribution in [0.15, 0.2) is 16.5 Å². The van der Waals surface area contributed by atoms with E-state index in [0.29, 0.717) is 36.4 Å². The Labute approximate surface area is 126 Å². The molecule has 0 aromatic carbocycles. The molecule has 4 nitrogen and oxygen atoms in total. The average molecular weight is 320 g/mol. The van der Waals surface area contributed by atoms with Crippen LogP contribution in [0.25, 0.3) is 0 Å². The van der Waals surface area contributed by atoms with Gasteiger partial charge in [0.25, 0.3) is 0 Å². The Morgan fingerprint density at radius 1 is 1.40 bits per heavy atom. The molecule has 1 saturated carbocycles. The minimum Gasteiger partial charge on any atom is -0.464 e. The van der Waals surface area contributed by atoms with Crippen LogP contribution < -0.4 is 0 Å². The summed E-state index contributed by atoms with van der Waals surface area (Å²) in [6.45, 7) is 2.49. The van der Waals surface area contributed by atoms with Crippen molar-refractivity contribution in [3.8, 4) is 0 Å². The molecule has 6 heteroatoms. The molecular formula is C14H22ClNO3S. The van der Waals surface area contributed by atoms with E-state index in [1.165, 1.54) is 10.7 Å². The van der Waals surface area contributed by atoms with Crippen LogP contribution in [0, 0.1) is 5.92 Å². The third-order valence-electron chi connectivity index (χ3n) is 3.80. The molecule has 0 saturated heterocycles. The number of hydrogen-bond donors (Lipinski definition) is 0. The summed E-state index contributed by atoms with van der Waals surface area (Å²) in [7, 11) is -1.63. The van der Waals surface area contributed by atoms with Gasteiger partial charge in [0, 0.05) is 18.8 Å². The van der Waals surface area contributed by atoms with Crippen LogP contribution >= 0.6 is 11.6 Å². The number of halogens is 1. The molecule has 1 aromatic rings. The molecule has 2 rings (SSSR count). The van der Waals surface area contributed by atoms with Crippen molar-refractivity contribution in [3.05, 3.63) is 23.7 Å². The zero-order chi connectivity index (χ0) is 14.8. The Balaban J connectivity index is 1.90. The maximum atomic E-state index is 12.1. The van der Waals surface area contributed by atoms with E-state index in [9.17, 15) is 8.42 Å². The van der Waals surface area contributed by atoms with E-state index in [2.05, 4.69) is 6.92 Å². The molecule has 0 N–H and O–H groups in total. The summed E-state index contributed by atoms with van der Waals surface area (Å²) < 4.78 is 31.2. The minimum absolute atomic E-state index is 0.142. The van der Waals surface area contributed by atoms with Gasteiger partial charge >= 0.3 is 0 Å². The largest absolute Gasteiger partial charge is 0.464 e. The molecule has 2 atom stereocenters. The fraction of sp³-hybridized carbons (Fsp3) is 0.714. The molecule has 0 amide bonds. The lowest BCUT2D eigenvalue weighted by Gasteiger charge is -2.15. The van der Waals surface area contributed by atoms with Crippen molar-refractivity contribution in [2.45, 2.75) is 38.6 Å². The predicted octanol–water partition coefficient (Wildman–Crippen LogP) is 3.18. The van der Waals surface area contributed by atoms with Crippen molar-refractivity contribution in [2.24, 2.45) is 5.92 Å². The average Bonchev–Trinajstić information content (AvgIpc) is 2.93. The Bertz CT molecular complexity index is 540. The van der Waals surface area contributed by atoms with Gasteiger partial charge in [-0.05, 0) is 37.3 Å². The first kappa shape index (κ1) is 15.9. The molecule has 20 heavy (non-hydrogen) atoms. The summed E-state index contributed by atoms with van der Waals surface area (Å²) in [6, 6.07) is 3.85. The zero-order valence-electron chi connectivity index (χ0n) is 12.0. The third-order valence-corrected chi connectivity index (χ3v) is 5.95. The second kappa shape index (κ2) is 6.50. The first-order valence-electron chi connectivity index (χ1n) is 7.02. The highest BCUT2D eigenvalue weighted by Crippen LogP contribution is 2.47. The summed E-state index contributed by atoms with van der Waals surface area (Å²) >= 11 is 5.57. The molecule has 1 aliphatic carbocycles. The Morgan fingerprint density at radius 2 is 2.10 bits per heavy atom. The number of unbranched alkanes of at least 4 members (excludes halogenated alkanes) is 1. The van der Waals surface area contributed by atoms with Gasteiger partial charge in [0.2, 0.25) is 10.0 Å². The van der Waals surface area contributed by atoms with Crippen molar-refractivity contribution in [3.63, 3.8) is 0 Å². The number of alkyl halides is 1. The van der Waals surface area contributed by atoms with E-state index in [1.54, 1.807) is 7.05 Å². The van der Waals surface area contributed by atoms with Gasteiger partial charge in [0.1, 0.15) is 11.5 Å². The summed E-state index contributed by atoms with van der Waals surface area (Å²) in [5.74, 6) is 3.55. The molecule has 1 aromatic heterocycles. The molecule has 114 valence electrons. The summed E-state index contributed by atoms with van der Waals surface area (Å²) in [5.41, 5.74) is 0. The Hall–Kier alpha value is -0.520. The first-order valence-corrected chi connectivity index (χ1v) is 9.17. The summed E-state index contributed by atoms with van der Waals surface area (Å²) in [4.78, 5) is 0. The lowest BCUT2D eigenvalue weighted by Crippen LogP contribution is -2.28. The highest BCUT2D eigenvalue weighted by Gasteiger charge is 2.36. The second-order valence-corrected chi connectivity index (χ2v) is 8.17. The van der Waals surface area contributed by atoms with Gasteiger partial charge < -0.3 is 4.42 Å². The Kier molecular flexibility index (Phi) is 5.15. The maximum Gasteiger partial charge on any atom is 0.214 e. The number of furan rings is 1. The van der Waals surface area contributed by atoms with Gasteiger partial charge in [0.15, 0.2) is 0 Å². The lowest BCUT2D eigenvalue weighted by atomic mass is 10.3. The van der Waals surface area contributed by atoms with Gasteiger partial charge in [-0.1, -0.05) is 6.92 Å². The van der Waals surface area contributed by atoms with Crippen LogP contribution in [0.5, 0.6) is 0 Å². The lowest BCUT2D eigenvalue weighted by molar-refractivity contribution is 0.389. The fourth-order valence-electron chi connectivity index (χ4n) is 2.25. The zero-order valence-corrected chi connectivity index (χ0v) is 13.6. The molecule has 0 spiro atoms. The van der Waals surface area contributed by atoms with E-state index in [0.717, 1.165) is 12.2 Å². The fourth-order valence-corrected chi connectivity index (χ4v) is 3.64. The molecule has 0 aliphatic heterocycles. The number of sulfonamides is 1. The Morgan fingerprint density at radius 3 is 2.70 bits per heavy atom. The highest BCUT2D eigenvalue weighted by atomic mass is 35.5. The van der Waals surface area contributed by atoms with Crippen LogP contribution in [-0.2, 0) is 16.6 Å². The maximum absolute atomic E-state index is 12.1. The predicted molar refractivity (Wildman–Crippen MR) is 80.4 cm³/mol. The molecule has 1 fully saturated rings. The van der Waals surface area contributed by atoms with Crippen molar-refractivity contribution in [1.29, 1.82) is 0 Å². The number of nitrogens with zero attached hydrogens (tertiary/aromatic N) is 1. The smallest absolute Gasteiger partial charge is 0.214 e.